The molecule has 0 saturated heterocycles. The van der Waals surface area contributed by atoms with Crippen molar-refractivity contribution >= 4 is 0 Å². The number of hydrogen-bond acceptors (Lipinski definition) is 3. The monoisotopic (exact) mass is 239 g/mol. The predicted octanol–water partition coefficient (Wildman–Crippen LogP) is 2.90. The molecule has 0 radical (unpaired) electrons. The minimum atomic E-state index is 0.139. The molecule has 2 atom stereocenters. The summed E-state index contributed by atoms with van der Waals surface area (Å²) in [5.74, 6) is 2.54. The molecule has 3 heteroatoms. The van der Waals surface area contributed by atoms with Crippen LogP contribution in [0.4, 0.5) is 0 Å². The average molecular weight is 239 g/mol. The minimum Gasteiger partial charge on any atom is -0.464 e. The van der Waals surface area contributed by atoms with Crippen LogP contribution in [0.5, 0.6) is 0 Å². The number of furan rings is 1. The van der Waals surface area contributed by atoms with Crippen LogP contribution in [0.1, 0.15) is 51.7 Å². The molecule has 0 amide bonds. The summed E-state index contributed by atoms with van der Waals surface area (Å²) in [7, 11) is 0. The molecule has 0 aliphatic heterocycles. The van der Waals surface area contributed by atoms with Gasteiger partial charge in [-0.05, 0) is 31.4 Å². The summed E-state index contributed by atoms with van der Waals surface area (Å²) in [6, 6.07) is 4.32. The number of rotatable bonds is 7. The van der Waals surface area contributed by atoms with Gasteiger partial charge < -0.3 is 14.8 Å². The summed E-state index contributed by atoms with van der Waals surface area (Å²) in [4.78, 5) is 0. The highest BCUT2D eigenvalue weighted by molar-refractivity contribution is 5.10. The van der Waals surface area contributed by atoms with Crippen molar-refractivity contribution in [2.75, 3.05) is 6.61 Å². The van der Waals surface area contributed by atoms with Gasteiger partial charge in [-0.3, -0.25) is 0 Å². The third-order valence-corrected chi connectivity index (χ3v) is 2.92. The maximum Gasteiger partial charge on any atom is 0.120 e. The number of aliphatic hydroxyl groups excluding tert-OH is 1. The predicted molar refractivity (Wildman–Crippen MR) is 70.0 cm³/mol. The first-order valence-corrected chi connectivity index (χ1v) is 6.52. The van der Waals surface area contributed by atoms with Crippen LogP contribution in [0, 0.1) is 5.92 Å². The lowest BCUT2D eigenvalue weighted by Gasteiger charge is -2.22. The zero-order valence-corrected chi connectivity index (χ0v) is 11.4. The topological polar surface area (TPSA) is 45.4 Å². The van der Waals surface area contributed by atoms with Crippen molar-refractivity contribution in [2.24, 2.45) is 5.92 Å². The molecule has 1 aromatic heterocycles. The first-order chi connectivity index (χ1) is 8.06. The largest absolute Gasteiger partial charge is 0.464 e. The molecule has 3 nitrogen and oxygen atoms in total. The van der Waals surface area contributed by atoms with E-state index in [-0.39, 0.29) is 18.7 Å². The Morgan fingerprint density at radius 2 is 2.00 bits per heavy atom. The highest BCUT2D eigenvalue weighted by atomic mass is 16.3. The standard InChI is InChI=1S/C14H25NO2/c1-5-13-6-7-14(17-13)11(4)15-12(9-16)8-10(2)3/h6-7,10-12,15-16H,5,8-9H2,1-4H3. The van der Waals surface area contributed by atoms with E-state index >= 15 is 0 Å². The highest BCUT2D eigenvalue weighted by Crippen LogP contribution is 2.18. The fourth-order valence-electron chi connectivity index (χ4n) is 2.02. The molecule has 0 aliphatic rings. The SMILES string of the molecule is CCc1ccc(C(C)NC(CO)CC(C)C)o1. The summed E-state index contributed by atoms with van der Waals surface area (Å²) in [6.45, 7) is 8.65. The van der Waals surface area contributed by atoms with E-state index in [0.29, 0.717) is 5.92 Å². The zero-order valence-electron chi connectivity index (χ0n) is 11.4. The fourth-order valence-corrected chi connectivity index (χ4v) is 2.02. The van der Waals surface area contributed by atoms with Crippen LogP contribution in [0.25, 0.3) is 0 Å². The average Bonchev–Trinajstić information content (AvgIpc) is 2.75. The van der Waals surface area contributed by atoms with Crippen molar-refractivity contribution in [1.82, 2.24) is 5.32 Å². The van der Waals surface area contributed by atoms with Gasteiger partial charge in [-0.15, -0.1) is 0 Å². The summed E-state index contributed by atoms with van der Waals surface area (Å²) in [6.07, 6.45) is 1.89. The van der Waals surface area contributed by atoms with Crippen molar-refractivity contribution in [1.29, 1.82) is 0 Å². The Morgan fingerprint density at radius 1 is 1.29 bits per heavy atom. The Morgan fingerprint density at radius 3 is 2.47 bits per heavy atom. The third kappa shape index (κ3) is 4.52. The van der Waals surface area contributed by atoms with Crippen molar-refractivity contribution in [2.45, 2.75) is 52.6 Å². The minimum absolute atomic E-state index is 0.139. The van der Waals surface area contributed by atoms with Gasteiger partial charge in [0.1, 0.15) is 11.5 Å². The lowest BCUT2D eigenvalue weighted by Crippen LogP contribution is -2.35. The van der Waals surface area contributed by atoms with Crippen molar-refractivity contribution < 1.29 is 9.52 Å². The Labute approximate surface area is 104 Å². The van der Waals surface area contributed by atoms with Crippen LogP contribution >= 0.6 is 0 Å². The molecule has 98 valence electrons. The van der Waals surface area contributed by atoms with Gasteiger partial charge in [0.15, 0.2) is 0 Å². The van der Waals surface area contributed by atoms with E-state index in [9.17, 15) is 5.11 Å². The van der Waals surface area contributed by atoms with Gasteiger partial charge in [-0.2, -0.15) is 0 Å². The van der Waals surface area contributed by atoms with Gasteiger partial charge in [0.2, 0.25) is 0 Å². The quantitative estimate of drug-likeness (QED) is 0.769. The van der Waals surface area contributed by atoms with E-state index in [2.05, 4.69) is 33.0 Å². The number of aryl methyl sites for hydroxylation is 1. The second-order valence-electron chi connectivity index (χ2n) is 5.06. The van der Waals surface area contributed by atoms with Crippen LogP contribution in [-0.2, 0) is 6.42 Å². The molecule has 0 aromatic carbocycles. The molecule has 0 bridgehead atoms. The molecule has 0 aliphatic carbocycles. The number of aliphatic hydroxyl groups is 1. The van der Waals surface area contributed by atoms with E-state index < -0.39 is 0 Å². The van der Waals surface area contributed by atoms with E-state index in [0.717, 1.165) is 24.4 Å². The number of hydrogen-bond donors (Lipinski definition) is 2. The molecular weight excluding hydrogens is 214 g/mol. The molecule has 1 aromatic rings. The first-order valence-electron chi connectivity index (χ1n) is 6.52. The van der Waals surface area contributed by atoms with Gasteiger partial charge >= 0.3 is 0 Å². The Bertz CT molecular complexity index is 320. The van der Waals surface area contributed by atoms with Crippen LogP contribution in [0.3, 0.4) is 0 Å². The van der Waals surface area contributed by atoms with Crippen molar-refractivity contribution in [3.63, 3.8) is 0 Å². The zero-order chi connectivity index (χ0) is 12.8. The summed E-state index contributed by atoms with van der Waals surface area (Å²) >= 11 is 0. The van der Waals surface area contributed by atoms with Crippen LogP contribution < -0.4 is 5.32 Å². The van der Waals surface area contributed by atoms with Crippen molar-refractivity contribution in [3.05, 3.63) is 23.7 Å². The Balaban J connectivity index is 2.54. The van der Waals surface area contributed by atoms with Crippen molar-refractivity contribution in [3.8, 4) is 0 Å². The molecule has 2 unspecified atom stereocenters. The molecule has 2 N–H and O–H groups in total. The van der Waals surface area contributed by atoms with Gasteiger partial charge in [0, 0.05) is 12.5 Å². The maximum absolute atomic E-state index is 9.33. The molecule has 1 heterocycles. The number of nitrogens with one attached hydrogen (secondary N) is 1. The molecule has 1 rings (SSSR count). The van der Waals surface area contributed by atoms with Gasteiger partial charge in [0.05, 0.1) is 12.6 Å². The fraction of sp³-hybridized carbons (Fsp3) is 0.714. The Kier molecular flexibility index (Phi) is 5.72. The lowest BCUT2D eigenvalue weighted by molar-refractivity contribution is 0.210. The van der Waals surface area contributed by atoms with E-state index in [1.807, 2.05) is 12.1 Å². The second-order valence-corrected chi connectivity index (χ2v) is 5.06. The summed E-state index contributed by atoms with van der Waals surface area (Å²) < 4.78 is 5.70. The van der Waals surface area contributed by atoms with Gasteiger partial charge in [-0.25, -0.2) is 0 Å². The maximum atomic E-state index is 9.33. The van der Waals surface area contributed by atoms with Gasteiger partial charge in [-0.1, -0.05) is 20.8 Å². The second kappa shape index (κ2) is 6.82. The van der Waals surface area contributed by atoms with Gasteiger partial charge in [0.25, 0.3) is 0 Å². The highest BCUT2D eigenvalue weighted by Gasteiger charge is 2.16. The first kappa shape index (κ1) is 14.3. The molecular formula is C14H25NO2. The van der Waals surface area contributed by atoms with E-state index in [4.69, 9.17) is 4.42 Å². The third-order valence-electron chi connectivity index (χ3n) is 2.92. The van der Waals surface area contributed by atoms with E-state index in [1.165, 1.54) is 0 Å². The smallest absolute Gasteiger partial charge is 0.120 e. The normalized spacial score (nSPS) is 15.2. The Hall–Kier alpha value is -0.800. The molecule has 0 spiro atoms. The van der Waals surface area contributed by atoms with Crippen LogP contribution in [0.15, 0.2) is 16.5 Å². The molecule has 0 saturated carbocycles. The molecule has 17 heavy (non-hydrogen) atoms. The van der Waals surface area contributed by atoms with Crippen LogP contribution in [0.2, 0.25) is 0 Å². The lowest BCUT2D eigenvalue weighted by atomic mass is 10.0. The van der Waals surface area contributed by atoms with E-state index in [1.54, 1.807) is 0 Å². The van der Waals surface area contributed by atoms with Crippen LogP contribution in [-0.4, -0.2) is 17.8 Å². The molecule has 0 fully saturated rings. The summed E-state index contributed by atoms with van der Waals surface area (Å²) in [5, 5.41) is 12.7. The summed E-state index contributed by atoms with van der Waals surface area (Å²) in [5.41, 5.74) is 0.